The minimum atomic E-state index is -4.05. The van der Waals surface area contributed by atoms with Crippen molar-refractivity contribution in [3.05, 3.63) is 63.6 Å². The Labute approximate surface area is 215 Å². The van der Waals surface area contributed by atoms with Crippen LogP contribution in [-0.4, -0.2) is 54.5 Å². The number of hydrogen-bond donors (Lipinski definition) is 1. The molecule has 1 heterocycles. The van der Waals surface area contributed by atoms with Gasteiger partial charge in [-0.3, -0.25) is 14.4 Å². The molecule has 188 valence electrons. The molecule has 0 bridgehead atoms. The van der Waals surface area contributed by atoms with Crippen LogP contribution >= 0.6 is 23.2 Å². The van der Waals surface area contributed by atoms with E-state index in [0.29, 0.717) is 26.5 Å². The lowest BCUT2D eigenvalue weighted by Crippen LogP contribution is -2.48. The zero-order valence-electron chi connectivity index (χ0n) is 19.5. The second-order valence-electron chi connectivity index (χ2n) is 8.17. The number of hydrogen-bond acceptors (Lipinski definition) is 5. The smallest absolute Gasteiger partial charge is 0.269 e. The van der Waals surface area contributed by atoms with E-state index in [9.17, 15) is 22.8 Å². The van der Waals surface area contributed by atoms with Crippen LogP contribution in [0.3, 0.4) is 0 Å². The Kier molecular flexibility index (Phi) is 8.79. The van der Waals surface area contributed by atoms with Crippen LogP contribution in [0.2, 0.25) is 10.0 Å². The number of halogens is 2. The third-order valence-electron chi connectivity index (χ3n) is 5.83. The van der Waals surface area contributed by atoms with E-state index in [-0.39, 0.29) is 35.9 Å². The summed E-state index contributed by atoms with van der Waals surface area (Å²) in [6.45, 7) is 3.63. The Bertz CT molecular complexity index is 1220. The van der Waals surface area contributed by atoms with E-state index in [1.807, 2.05) is 6.92 Å². The summed E-state index contributed by atoms with van der Waals surface area (Å²) in [5.41, 5.74) is 0.540. The number of fused-ring (bicyclic) bond motifs is 1. The second-order valence-corrected chi connectivity index (χ2v) is 10.8. The van der Waals surface area contributed by atoms with Gasteiger partial charge in [0.1, 0.15) is 10.9 Å². The Morgan fingerprint density at radius 2 is 1.74 bits per heavy atom. The number of carbonyl (C=O) groups excluding carboxylic acids is 3. The number of nitrogens with zero attached hydrogens (tertiary/aromatic N) is 2. The first-order valence-electron chi connectivity index (χ1n) is 11.3. The van der Waals surface area contributed by atoms with Gasteiger partial charge in [0.25, 0.3) is 15.9 Å². The molecule has 3 amide bonds. The highest BCUT2D eigenvalue weighted by atomic mass is 35.5. The number of nitrogens with one attached hydrogen (secondary N) is 1. The van der Waals surface area contributed by atoms with Crippen LogP contribution in [0.15, 0.2) is 47.4 Å². The summed E-state index contributed by atoms with van der Waals surface area (Å²) in [5.74, 6) is -1.55. The lowest BCUT2D eigenvalue weighted by Gasteiger charge is -2.30. The van der Waals surface area contributed by atoms with Crippen molar-refractivity contribution in [1.29, 1.82) is 0 Å². The lowest BCUT2D eigenvalue weighted by molar-refractivity contribution is -0.140. The molecular formula is C24H27Cl2N3O5S. The van der Waals surface area contributed by atoms with E-state index in [4.69, 9.17) is 23.2 Å². The molecule has 0 saturated heterocycles. The van der Waals surface area contributed by atoms with Crippen molar-refractivity contribution in [1.82, 2.24) is 14.5 Å². The molecule has 2 aromatic rings. The summed E-state index contributed by atoms with van der Waals surface area (Å²) in [5, 5.41) is 3.47. The lowest BCUT2D eigenvalue weighted by atomic mass is 10.1. The Balaban J connectivity index is 1.81. The molecule has 0 unspecified atom stereocenters. The molecule has 1 aliphatic rings. The van der Waals surface area contributed by atoms with Crippen molar-refractivity contribution >= 4 is 50.9 Å². The normalized spacial score (nSPS) is 15.0. The molecule has 3 rings (SSSR count). The Morgan fingerprint density at radius 3 is 2.37 bits per heavy atom. The number of amides is 3. The first kappa shape index (κ1) is 27.0. The maximum absolute atomic E-state index is 13.3. The maximum Gasteiger partial charge on any atom is 0.269 e. The first-order chi connectivity index (χ1) is 16.6. The number of sulfonamides is 1. The molecule has 35 heavy (non-hydrogen) atoms. The average molecular weight is 540 g/mol. The van der Waals surface area contributed by atoms with Crippen LogP contribution in [0.4, 0.5) is 0 Å². The predicted octanol–water partition coefficient (Wildman–Crippen LogP) is 3.86. The topological polar surface area (TPSA) is 104 Å². The molecule has 1 aliphatic heterocycles. The van der Waals surface area contributed by atoms with Crippen LogP contribution in [0.1, 0.15) is 49.0 Å². The van der Waals surface area contributed by atoms with Crippen molar-refractivity contribution in [2.24, 2.45) is 0 Å². The van der Waals surface area contributed by atoms with Crippen LogP contribution in [0.5, 0.6) is 0 Å². The van der Waals surface area contributed by atoms with E-state index >= 15 is 0 Å². The number of unbranched alkanes of at least 4 members (excludes halogenated alkanes) is 1. The van der Waals surface area contributed by atoms with Gasteiger partial charge in [-0.1, -0.05) is 54.7 Å². The zero-order chi connectivity index (χ0) is 25.8. The SMILES string of the molecule is CCCCNC(=O)[C@@H](C)N(Cc1c(Cl)cccc1Cl)C(=O)CCN1C(=O)c2ccccc2S1(=O)=O. The summed E-state index contributed by atoms with van der Waals surface area (Å²) in [6.07, 6.45) is 1.37. The van der Waals surface area contributed by atoms with Crippen LogP contribution < -0.4 is 5.32 Å². The second kappa shape index (κ2) is 11.4. The van der Waals surface area contributed by atoms with Gasteiger partial charge in [0.15, 0.2) is 0 Å². The summed E-state index contributed by atoms with van der Waals surface area (Å²) in [4.78, 5) is 40.0. The predicted molar refractivity (Wildman–Crippen MR) is 134 cm³/mol. The highest BCUT2D eigenvalue weighted by Gasteiger charge is 2.41. The molecule has 11 heteroatoms. The first-order valence-corrected chi connectivity index (χ1v) is 13.4. The molecular weight excluding hydrogens is 513 g/mol. The summed E-state index contributed by atoms with van der Waals surface area (Å²) in [6, 6.07) is 9.96. The number of carbonyl (C=O) groups is 3. The largest absolute Gasteiger partial charge is 0.354 e. The van der Waals surface area contributed by atoms with E-state index in [2.05, 4.69) is 5.32 Å². The molecule has 0 fully saturated rings. The van der Waals surface area contributed by atoms with Crippen molar-refractivity contribution in [2.45, 2.75) is 50.6 Å². The fourth-order valence-corrected chi connectivity index (χ4v) is 5.85. The van der Waals surface area contributed by atoms with Gasteiger partial charge < -0.3 is 10.2 Å². The number of benzene rings is 2. The highest BCUT2D eigenvalue weighted by Crippen LogP contribution is 2.30. The minimum absolute atomic E-state index is 0.0549. The summed E-state index contributed by atoms with van der Waals surface area (Å²) < 4.78 is 26.4. The van der Waals surface area contributed by atoms with Gasteiger partial charge in [0.2, 0.25) is 11.8 Å². The average Bonchev–Trinajstić information content (AvgIpc) is 3.02. The van der Waals surface area contributed by atoms with Crippen molar-refractivity contribution in [3.63, 3.8) is 0 Å². The highest BCUT2D eigenvalue weighted by molar-refractivity contribution is 7.90. The quantitative estimate of drug-likeness (QED) is 0.461. The molecule has 0 radical (unpaired) electrons. The monoisotopic (exact) mass is 539 g/mol. The van der Waals surface area contributed by atoms with Gasteiger partial charge in [-0.25, -0.2) is 12.7 Å². The molecule has 0 aromatic heterocycles. The van der Waals surface area contributed by atoms with Gasteiger partial charge in [0, 0.05) is 41.7 Å². The molecule has 2 aromatic carbocycles. The van der Waals surface area contributed by atoms with Gasteiger partial charge in [0.05, 0.1) is 5.56 Å². The summed E-state index contributed by atoms with van der Waals surface area (Å²) in [7, 11) is -4.05. The van der Waals surface area contributed by atoms with Crippen LogP contribution in [0, 0.1) is 0 Å². The molecule has 8 nitrogen and oxygen atoms in total. The molecule has 0 aliphatic carbocycles. The number of rotatable bonds is 10. The van der Waals surface area contributed by atoms with Crippen molar-refractivity contribution < 1.29 is 22.8 Å². The fourth-order valence-electron chi connectivity index (χ4n) is 3.77. The molecule has 1 atom stereocenters. The maximum atomic E-state index is 13.3. The van der Waals surface area contributed by atoms with E-state index < -0.39 is 27.9 Å². The minimum Gasteiger partial charge on any atom is -0.354 e. The van der Waals surface area contributed by atoms with Gasteiger partial charge in [-0.05, 0) is 37.6 Å². The summed E-state index contributed by atoms with van der Waals surface area (Å²) >= 11 is 12.6. The third kappa shape index (κ3) is 5.79. The van der Waals surface area contributed by atoms with Crippen molar-refractivity contribution in [2.75, 3.05) is 13.1 Å². The Hall–Kier alpha value is -2.62. The molecule has 0 spiro atoms. The fraction of sp³-hybridized carbons (Fsp3) is 0.375. The van der Waals surface area contributed by atoms with E-state index in [1.54, 1.807) is 31.2 Å². The molecule has 0 saturated carbocycles. The van der Waals surface area contributed by atoms with Crippen LogP contribution in [-0.2, 0) is 26.2 Å². The van der Waals surface area contributed by atoms with Crippen molar-refractivity contribution in [3.8, 4) is 0 Å². The zero-order valence-corrected chi connectivity index (χ0v) is 21.8. The van der Waals surface area contributed by atoms with Gasteiger partial charge in [-0.15, -0.1) is 0 Å². The van der Waals surface area contributed by atoms with E-state index in [0.717, 1.165) is 12.8 Å². The van der Waals surface area contributed by atoms with Crippen LogP contribution in [0.25, 0.3) is 0 Å². The molecule has 1 N–H and O–H groups in total. The third-order valence-corrected chi connectivity index (χ3v) is 8.38. The standard InChI is InChI=1S/C24H27Cl2N3O5S/c1-3-4-13-27-23(31)16(2)28(15-18-19(25)9-7-10-20(18)26)22(30)12-14-29-24(32)17-8-5-6-11-21(17)35(29,33)34/h5-11,16H,3-4,12-15H2,1-2H3,(H,27,31)/t16-/m1/s1. The Morgan fingerprint density at radius 1 is 1.09 bits per heavy atom. The van der Waals surface area contributed by atoms with E-state index in [1.165, 1.54) is 23.1 Å². The van der Waals surface area contributed by atoms with Gasteiger partial charge in [-0.2, -0.15) is 0 Å². The van der Waals surface area contributed by atoms with Gasteiger partial charge >= 0.3 is 0 Å².